The van der Waals surface area contributed by atoms with Crippen LogP contribution in [0.4, 0.5) is 13.2 Å². The molecule has 0 atom stereocenters. The SMILES string of the molecule is COc1ccccc1SCc1ccc(CC(=O)O)cc1.Cc1ccc(C)c(SCC(=O)O)c1.O=C(O)CCCCCSc1ccc(F)cc1.O=C(O)CCCSc1ccc(F)cc1.O=C(O)CSc1ccc(F)cc1.O=C(O)c1ccc(CSc2ccccc2Cl)cc1. The summed E-state index contributed by atoms with van der Waals surface area (Å²) in [5.41, 5.74) is 5.67. The van der Waals surface area contributed by atoms with Crippen LogP contribution in [0.1, 0.15) is 76.7 Å². The second kappa shape index (κ2) is 46.6. The van der Waals surface area contributed by atoms with Crippen LogP contribution in [0.3, 0.4) is 0 Å². The first-order valence-electron chi connectivity index (χ1n) is 28.5. The number of aryl methyl sites for hydroxylation is 2. The Balaban J connectivity index is 0.000000294. The second-order valence-corrected chi connectivity index (χ2v) is 26.3. The van der Waals surface area contributed by atoms with Gasteiger partial charge in [0.25, 0.3) is 0 Å². The van der Waals surface area contributed by atoms with Gasteiger partial charge in [0, 0.05) is 53.7 Å². The summed E-state index contributed by atoms with van der Waals surface area (Å²) in [5, 5.41) is 51.9. The highest BCUT2D eigenvalue weighted by molar-refractivity contribution is 8.00. The number of hydrogen-bond acceptors (Lipinski definition) is 13. The molecule has 0 spiro atoms. The van der Waals surface area contributed by atoms with Gasteiger partial charge in [-0.2, -0.15) is 0 Å². The molecule has 0 fully saturated rings. The molecular weight excluding hydrogens is 1330 g/mol. The zero-order chi connectivity index (χ0) is 68.3. The summed E-state index contributed by atoms with van der Waals surface area (Å²) >= 11 is 15.2. The van der Waals surface area contributed by atoms with Crippen LogP contribution < -0.4 is 4.74 Å². The molecule has 0 unspecified atom stereocenters. The summed E-state index contributed by atoms with van der Waals surface area (Å²) in [6.07, 6.45) is 3.81. The largest absolute Gasteiger partial charge is 0.496 e. The van der Waals surface area contributed by atoms with Crippen LogP contribution in [-0.2, 0) is 41.9 Å². The number of rotatable bonds is 28. The molecule has 494 valence electrons. The van der Waals surface area contributed by atoms with Crippen molar-refractivity contribution in [2.24, 2.45) is 0 Å². The van der Waals surface area contributed by atoms with Crippen LogP contribution in [0.25, 0.3) is 0 Å². The van der Waals surface area contributed by atoms with Crippen LogP contribution in [0.2, 0.25) is 5.02 Å². The summed E-state index contributed by atoms with van der Waals surface area (Å²) in [5.74, 6) is -1.33. The van der Waals surface area contributed by atoms with Gasteiger partial charge in [0.1, 0.15) is 23.2 Å². The number of aliphatic carboxylic acids is 5. The second-order valence-electron chi connectivity index (χ2n) is 19.4. The van der Waals surface area contributed by atoms with Gasteiger partial charge in [-0.1, -0.05) is 96.4 Å². The van der Waals surface area contributed by atoms with Gasteiger partial charge >= 0.3 is 35.8 Å². The number of benzene rings is 8. The van der Waals surface area contributed by atoms with E-state index in [1.165, 1.54) is 65.5 Å². The van der Waals surface area contributed by atoms with Gasteiger partial charge < -0.3 is 35.4 Å². The van der Waals surface area contributed by atoms with E-state index in [9.17, 15) is 41.9 Å². The maximum absolute atomic E-state index is 12.6. The quantitative estimate of drug-likeness (QED) is 0.0198. The van der Waals surface area contributed by atoms with Crippen molar-refractivity contribution in [1.29, 1.82) is 0 Å². The molecule has 0 amide bonds. The molecule has 8 aromatic rings. The van der Waals surface area contributed by atoms with Gasteiger partial charge in [0.05, 0.1) is 35.6 Å². The lowest BCUT2D eigenvalue weighted by molar-refractivity contribution is -0.138. The molecule has 8 rings (SSSR count). The molecule has 0 aliphatic rings. The average molecular weight is 1410 g/mol. The first-order chi connectivity index (χ1) is 44.5. The number of aromatic carboxylic acids is 1. The number of carboxylic acids is 6. The van der Waals surface area contributed by atoms with Crippen molar-refractivity contribution < 1.29 is 77.3 Å². The zero-order valence-corrected chi connectivity index (χ0v) is 56.7. The summed E-state index contributed by atoms with van der Waals surface area (Å²) in [6, 6.07) is 54.6. The van der Waals surface area contributed by atoms with Crippen molar-refractivity contribution in [3.63, 3.8) is 0 Å². The van der Waals surface area contributed by atoms with E-state index in [4.69, 9.17) is 47.0 Å². The molecule has 6 N–H and O–H groups in total. The van der Waals surface area contributed by atoms with Gasteiger partial charge in [0.2, 0.25) is 0 Å². The Bertz CT molecular complexity index is 3530. The Labute approximate surface area is 570 Å². The number of methoxy groups -OCH3 is 1. The maximum atomic E-state index is 12.6. The molecule has 0 saturated heterocycles. The predicted molar refractivity (Wildman–Crippen MR) is 371 cm³/mol. The van der Waals surface area contributed by atoms with Gasteiger partial charge in [-0.25, -0.2) is 18.0 Å². The monoisotopic (exact) mass is 1400 g/mol. The van der Waals surface area contributed by atoms with E-state index in [1.807, 2.05) is 117 Å². The number of unbranched alkanes of at least 4 members (excludes halogenated alkanes) is 2. The van der Waals surface area contributed by atoms with Crippen LogP contribution in [0, 0.1) is 31.3 Å². The fourth-order valence-electron chi connectivity index (χ4n) is 7.19. The van der Waals surface area contributed by atoms with E-state index in [-0.39, 0.29) is 48.2 Å². The summed E-state index contributed by atoms with van der Waals surface area (Å²) in [7, 11) is 1.67. The van der Waals surface area contributed by atoms with Gasteiger partial charge in [-0.05, 0) is 182 Å². The van der Waals surface area contributed by atoms with Crippen LogP contribution in [-0.4, -0.2) is 96.6 Å². The van der Waals surface area contributed by atoms with Crippen molar-refractivity contribution in [2.45, 2.75) is 99.7 Å². The first-order valence-corrected chi connectivity index (χ1v) is 34.8. The number of ether oxygens (including phenoxy) is 1. The molecule has 23 heteroatoms. The Morgan fingerprint density at radius 3 is 1.34 bits per heavy atom. The standard InChI is InChI=1S/C16H16O3S.C14H11ClO2S.C12H15FO2S.C10H11FO2S.C10H12O2S.C8H7FO2S/c1-19-14-4-2-3-5-15(14)20-11-13-8-6-12(7-9-13)10-16(17)18;15-12-3-1-2-4-13(12)18-9-10-5-7-11(8-6-10)14(16)17;13-10-5-7-11(8-6-10)16-9-3-1-2-4-12(14)15;11-8-3-5-9(6-4-8)14-7-1-2-10(12)13;1-7-3-4-8(2)9(5-7)13-6-10(11)12;9-6-1-3-7(4-2-6)12-5-8(10)11/h2-9H,10-11H2,1H3,(H,17,18);1-8H,9H2,(H,16,17);5-8H,1-4,9H2,(H,14,15);3-6H,1-2,7H2,(H,12,13);3-5H,6H2,1-2H3,(H,11,12);1-4H,5H2,(H,10,11). The van der Waals surface area contributed by atoms with Crippen LogP contribution in [0.15, 0.2) is 217 Å². The summed E-state index contributed by atoms with van der Waals surface area (Å²) < 4.78 is 42.8. The Morgan fingerprint density at radius 1 is 0.419 bits per heavy atom. The van der Waals surface area contributed by atoms with Crippen molar-refractivity contribution in [3.05, 3.63) is 244 Å². The number of para-hydroxylation sites is 1. The van der Waals surface area contributed by atoms with Crippen molar-refractivity contribution in [2.75, 3.05) is 30.1 Å². The number of hydrogen-bond donors (Lipinski definition) is 6. The number of carbonyl (C=O) groups is 6. The summed E-state index contributed by atoms with van der Waals surface area (Å²) in [6.45, 7) is 3.99. The molecule has 13 nitrogen and oxygen atoms in total. The van der Waals surface area contributed by atoms with E-state index < -0.39 is 35.8 Å². The molecule has 0 bridgehead atoms. The minimum Gasteiger partial charge on any atom is -0.496 e. The Hall–Kier alpha value is -7.44. The minimum absolute atomic E-state index is 0.00559. The fourth-order valence-corrected chi connectivity index (χ4v) is 12.6. The topological polar surface area (TPSA) is 233 Å². The van der Waals surface area contributed by atoms with E-state index in [0.717, 1.165) is 105 Å². The molecular formula is C70H72ClF3O13S6. The van der Waals surface area contributed by atoms with Crippen molar-refractivity contribution >= 4 is 118 Å². The van der Waals surface area contributed by atoms with E-state index >= 15 is 0 Å². The number of carboxylic acid groups (broad SMARTS) is 6. The Kier molecular flexibility index (Phi) is 40.0. The van der Waals surface area contributed by atoms with Crippen LogP contribution in [0.5, 0.6) is 5.75 Å². The van der Waals surface area contributed by atoms with E-state index in [2.05, 4.69) is 0 Å². The fraction of sp³-hybridized carbons (Fsp3) is 0.229. The highest BCUT2D eigenvalue weighted by atomic mass is 35.5. The molecule has 0 saturated carbocycles. The number of halogens is 4. The molecule has 8 aromatic carbocycles. The highest BCUT2D eigenvalue weighted by Crippen LogP contribution is 2.32. The lowest BCUT2D eigenvalue weighted by Crippen LogP contribution is -1.99. The number of thioether (sulfide) groups is 6. The van der Waals surface area contributed by atoms with Gasteiger partial charge in [-0.3, -0.25) is 24.0 Å². The molecule has 0 aromatic heterocycles. The first kappa shape index (κ1) is 79.8. The predicted octanol–water partition coefficient (Wildman–Crippen LogP) is 18.8. The third-order valence-electron chi connectivity index (χ3n) is 11.9. The maximum Gasteiger partial charge on any atom is 0.335 e. The summed E-state index contributed by atoms with van der Waals surface area (Å²) in [4.78, 5) is 68.2. The molecule has 0 heterocycles. The van der Waals surface area contributed by atoms with Crippen molar-refractivity contribution in [3.8, 4) is 5.75 Å². The molecule has 93 heavy (non-hydrogen) atoms. The van der Waals surface area contributed by atoms with Gasteiger partial charge in [-0.15, -0.1) is 70.6 Å². The van der Waals surface area contributed by atoms with Gasteiger partial charge in [0.15, 0.2) is 0 Å². The Morgan fingerprint density at radius 2 is 0.860 bits per heavy atom. The highest BCUT2D eigenvalue weighted by Gasteiger charge is 2.08. The van der Waals surface area contributed by atoms with Crippen LogP contribution >= 0.6 is 82.2 Å². The lowest BCUT2D eigenvalue weighted by atomic mass is 10.1. The average Bonchev–Trinajstić information content (AvgIpc) is 2.73. The lowest BCUT2D eigenvalue weighted by Gasteiger charge is -2.08. The zero-order valence-electron chi connectivity index (χ0n) is 51.1. The smallest absolute Gasteiger partial charge is 0.335 e. The molecule has 0 aliphatic carbocycles. The third-order valence-corrected chi connectivity index (χ3v) is 18.9. The molecule has 0 aliphatic heterocycles. The van der Waals surface area contributed by atoms with E-state index in [0.29, 0.717) is 12.0 Å². The molecule has 0 radical (unpaired) electrons. The third kappa shape index (κ3) is 37.8. The normalized spacial score (nSPS) is 10.1. The minimum atomic E-state index is -0.902. The van der Waals surface area contributed by atoms with E-state index in [1.54, 1.807) is 103 Å². The van der Waals surface area contributed by atoms with Crippen molar-refractivity contribution in [1.82, 2.24) is 0 Å².